The number of nitrogens with one attached hydrogen (secondary N) is 1. The van der Waals surface area contributed by atoms with Crippen LogP contribution < -0.4 is 20.5 Å². The van der Waals surface area contributed by atoms with Gasteiger partial charge in [0.1, 0.15) is 0 Å². The molecule has 0 aliphatic carbocycles. The molecule has 5 heteroatoms. The van der Waals surface area contributed by atoms with E-state index in [0.717, 1.165) is 17.7 Å². The van der Waals surface area contributed by atoms with E-state index in [9.17, 15) is 4.79 Å². The zero-order valence-corrected chi connectivity index (χ0v) is 12.4. The van der Waals surface area contributed by atoms with E-state index in [1.165, 1.54) is 0 Å². The Bertz CT molecular complexity index is 433. The summed E-state index contributed by atoms with van der Waals surface area (Å²) in [4.78, 5) is 11.1. The Hall–Kier alpha value is -1.75. The first-order chi connectivity index (χ1) is 9.56. The molecule has 1 aromatic rings. The van der Waals surface area contributed by atoms with Gasteiger partial charge in [0.05, 0.1) is 20.3 Å². The number of ether oxygens (including phenoxy) is 2. The molecule has 5 nitrogen and oxygen atoms in total. The van der Waals surface area contributed by atoms with Crippen LogP contribution in [0, 0.1) is 5.92 Å². The highest BCUT2D eigenvalue weighted by atomic mass is 16.5. The summed E-state index contributed by atoms with van der Waals surface area (Å²) in [7, 11) is 1.60. The normalized spacial score (nSPS) is 10.4. The molecular formula is C15H24N2O3. The second kappa shape index (κ2) is 8.43. The van der Waals surface area contributed by atoms with Crippen molar-refractivity contribution in [1.29, 1.82) is 0 Å². The maximum Gasteiger partial charge on any atom is 0.234 e. The van der Waals surface area contributed by atoms with Crippen LogP contribution in [0.1, 0.15) is 25.8 Å². The minimum atomic E-state index is -0.179. The third-order valence-corrected chi connectivity index (χ3v) is 2.86. The largest absolute Gasteiger partial charge is 0.493 e. The molecule has 0 aliphatic heterocycles. The second-order valence-electron chi connectivity index (χ2n) is 5.00. The molecule has 1 amide bonds. The van der Waals surface area contributed by atoms with Gasteiger partial charge in [-0.25, -0.2) is 0 Å². The minimum Gasteiger partial charge on any atom is -0.493 e. The van der Waals surface area contributed by atoms with Crippen molar-refractivity contribution >= 4 is 5.91 Å². The molecule has 112 valence electrons. The predicted molar refractivity (Wildman–Crippen MR) is 78.8 cm³/mol. The molecular weight excluding hydrogens is 256 g/mol. The summed E-state index contributed by atoms with van der Waals surface area (Å²) < 4.78 is 11.0. The molecule has 0 saturated carbocycles. The average molecular weight is 280 g/mol. The van der Waals surface area contributed by atoms with E-state index in [1.807, 2.05) is 18.2 Å². The summed E-state index contributed by atoms with van der Waals surface area (Å²) in [6.07, 6.45) is 0.997. The van der Waals surface area contributed by atoms with Crippen molar-refractivity contribution in [3.05, 3.63) is 23.8 Å². The highest BCUT2D eigenvalue weighted by Gasteiger charge is 2.07. The molecule has 0 saturated heterocycles. The number of hydrogen-bond acceptors (Lipinski definition) is 4. The van der Waals surface area contributed by atoms with Crippen LogP contribution in [-0.2, 0) is 11.3 Å². The van der Waals surface area contributed by atoms with E-state index >= 15 is 0 Å². The minimum absolute atomic E-state index is 0.00642. The number of benzene rings is 1. The number of rotatable bonds is 8. The van der Waals surface area contributed by atoms with Crippen LogP contribution in [0.3, 0.4) is 0 Å². The highest BCUT2D eigenvalue weighted by molar-refractivity contribution is 5.77. The lowest BCUT2D eigenvalue weighted by Gasteiger charge is -2.13. The van der Waals surface area contributed by atoms with Crippen LogP contribution in [0.25, 0.3) is 0 Å². The van der Waals surface area contributed by atoms with E-state index < -0.39 is 0 Å². The summed E-state index contributed by atoms with van der Waals surface area (Å²) in [5.74, 6) is 1.82. The maximum absolute atomic E-state index is 11.1. The van der Waals surface area contributed by atoms with Crippen molar-refractivity contribution in [2.24, 2.45) is 11.7 Å². The molecule has 0 unspecified atom stereocenters. The molecule has 0 bridgehead atoms. The van der Waals surface area contributed by atoms with Gasteiger partial charge in [-0.1, -0.05) is 19.9 Å². The highest BCUT2D eigenvalue weighted by Crippen LogP contribution is 2.28. The van der Waals surface area contributed by atoms with Crippen molar-refractivity contribution < 1.29 is 14.3 Å². The van der Waals surface area contributed by atoms with Crippen LogP contribution >= 0.6 is 0 Å². The van der Waals surface area contributed by atoms with E-state index in [4.69, 9.17) is 15.2 Å². The SMILES string of the molecule is COc1cc(CNC(=O)CN)ccc1OCCC(C)C. The van der Waals surface area contributed by atoms with Gasteiger partial charge in [0.25, 0.3) is 0 Å². The topological polar surface area (TPSA) is 73.6 Å². The molecule has 20 heavy (non-hydrogen) atoms. The van der Waals surface area contributed by atoms with Gasteiger partial charge >= 0.3 is 0 Å². The lowest BCUT2D eigenvalue weighted by molar-refractivity contribution is -0.119. The molecule has 1 aromatic carbocycles. The zero-order chi connectivity index (χ0) is 15.0. The Balaban J connectivity index is 2.62. The summed E-state index contributed by atoms with van der Waals surface area (Å²) >= 11 is 0. The molecule has 0 aliphatic rings. The van der Waals surface area contributed by atoms with Gasteiger partial charge in [0.15, 0.2) is 11.5 Å². The third kappa shape index (κ3) is 5.48. The summed E-state index contributed by atoms with van der Waals surface area (Å²) in [5.41, 5.74) is 6.18. The first-order valence-electron chi connectivity index (χ1n) is 6.83. The van der Waals surface area contributed by atoms with Crippen molar-refractivity contribution in [1.82, 2.24) is 5.32 Å². The van der Waals surface area contributed by atoms with E-state index in [0.29, 0.717) is 24.8 Å². The van der Waals surface area contributed by atoms with E-state index in [1.54, 1.807) is 7.11 Å². The molecule has 0 spiro atoms. The molecule has 0 atom stereocenters. The summed E-state index contributed by atoms with van der Waals surface area (Å²) in [5, 5.41) is 2.72. The Morgan fingerprint density at radius 1 is 1.35 bits per heavy atom. The third-order valence-electron chi connectivity index (χ3n) is 2.86. The van der Waals surface area contributed by atoms with Crippen molar-refractivity contribution in [2.75, 3.05) is 20.3 Å². The van der Waals surface area contributed by atoms with Gasteiger partial charge in [0.2, 0.25) is 5.91 Å². The quantitative estimate of drug-likeness (QED) is 0.760. The second-order valence-corrected chi connectivity index (χ2v) is 5.00. The van der Waals surface area contributed by atoms with Crippen molar-refractivity contribution in [3.63, 3.8) is 0 Å². The molecule has 0 aromatic heterocycles. The number of carbonyl (C=O) groups excluding carboxylic acids is 1. The number of carbonyl (C=O) groups is 1. The first kappa shape index (κ1) is 16.3. The van der Waals surface area contributed by atoms with E-state index in [2.05, 4.69) is 19.2 Å². The van der Waals surface area contributed by atoms with Gasteiger partial charge in [-0.15, -0.1) is 0 Å². The lowest BCUT2D eigenvalue weighted by Crippen LogP contribution is -2.29. The summed E-state index contributed by atoms with van der Waals surface area (Å²) in [6, 6.07) is 5.63. The molecule has 0 radical (unpaired) electrons. The first-order valence-corrected chi connectivity index (χ1v) is 6.83. The van der Waals surface area contributed by atoms with Gasteiger partial charge in [-0.2, -0.15) is 0 Å². The molecule has 0 fully saturated rings. The molecule has 0 heterocycles. The summed E-state index contributed by atoms with van der Waals surface area (Å²) in [6.45, 7) is 5.40. The van der Waals surface area contributed by atoms with Gasteiger partial charge in [-0.3, -0.25) is 4.79 Å². The van der Waals surface area contributed by atoms with E-state index in [-0.39, 0.29) is 12.5 Å². The van der Waals surface area contributed by atoms with Crippen LogP contribution in [0.2, 0.25) is 0 Å². The van der Waals surface area contributed by atoms with Crippen molar-refractivity contribution in [3.8, 4) is 11.5 Å². The fraction of sp³-hybridized carbons (Fsp3) is 0.533. The van der Waals surface area contributed by atoms with Crippen LogP contribution in [0.4, 0.5) is 0 Å². The Morgan fingerprint density at radius 2 is 2.10 bits per heavy atom. The fourth-order valence-electron chi connectivity index (χ4n) is 1.62. The monoisotopic (exact) mass is 280 g/mol. The zero-order valence-electron chi connectivity index (χ0n) is 12.4. The fourth-order valence-corrected chi connectivity index (χ4v) is 1.62. The van der Waals surface area contributed by atoms with Crippen LogP contribution in [0.15, 0.2) is 18.2 Å². The van der Waals surface area contributed by atoms with Crippen LogP contribution in [0.5, 0.6) is 11.5 Å². The van der Waals surface area contributed by atoms with Gasteiger partial charge in [0, 0.05) is 6.54 Å². The predicted octanol–water partition coefficient (Wildman–Crippen LogP) is 1.70. The number of methoxy groups -OCH3 is 1. The van der Waals surface area contributed by atoms with Gasteiger partial charge in [-0.05, 0) is 30.0 Å². The molecule has 1 rings (SSSR count). The van der Waals surface area contributed by atoms with Crippen molar-refractivity contribution in [2.45, 2.75) is 26.8 Å². The smallest absolute Gasteiger partial charge is 0.234 e. The lowest BCUT2D eigenvalue weighted by atomic mass is 10.1. The number of amides is 1. The van der Waals surface area contributed by atoms with Crippen LogP contribution in [-0.4, -0.2) is 26.2 Å². The number of hydrogen-bond donors (Lipinski definition) is 2. The standard InChI is InChI=1S/C15H24N2O3/c1-11(2)6-7-20-13-5-4-12(8-14(13)19-3)10-17-15(18)9-16/h4-5,8,11H,6-7,9-10,16H2,1-3H3,(H,17,18). The molecule has 3 N–H and O–H groups in total. The Labute approximate surface area is 120 Å². The van der Waals surface area contributed by atoms with Gasteiger partial charge < -0.3 is 20.5 Å². The Kier molecular flexibility index (Phi) is 6.87. The Morgan fingerprint density at radius 3 is 2.70 bits per heavy atom. The maximum atomic E-state index is 11.1. The number of nitrogens with two attached hydrogens (primary N) is 1. The average Bonchev–Trinajstić information content (AvgIpc) is 2.45.